The lowest BCUT2D eigenvalue weighted by Gasteiger charge is -2.03. The van der Waals surface area contributed by atoms with Crippen LogP contribution in [0.25, 0.3) is 11.3 Å². The van der Waals surface area contributed by atoms with Crippen molar-refractivity contribution in [3.05, 3.63) is 46.4 Å². The number of rotatable bonds is 3. The molecule has 98 valence electrons. The number of imidazole rings is 1. The van der Waals surface area contributed by atoms with Crippen molar-refractivity contribution in [2.45, 2.75) is 12.3 Å². The molecule has 0 amide bonds. The first-order chi connectivity index (χ1) is 9.24. The maximum atomic E-state index is 10.8. The zero-order chi connectivity index (χ0) is 13.2. The first-order valence-corrected chi connectivity index (χ1v) is 6.24. The largest absolute Gasteiger partial charge is 0.342 e. The number of benzene rings is 1. The van der Waals surface area contributed by atoms with E-state index in [0.717, 1.165) is 36.6 Å². The minimum Gasteiger partial charge on any atom is -0.342 e. The van der Waals surface area contributed by atoms with Crippen LogP contribution >= 0.6 is 0 Å². The highest BCUT2D eigenvalue weighted by Gasteiger charge is 2.19. The van der Waals surface area contributed by atoms with E-state index < -0.39 is 0 Å². The van der Waals surface area contributed by atoms with Crippen LogP contribution in [0.15, 0.2) is 30.5 Å². The van der Waals surface area contributed by atoms with E-state index in [2.05, 4.69) is 15.3 Å². The predicted molar refractivity (Wildman–Crippen MR) is 70.9 cm³/mol. The van der Waals surface area contributed by atoms with Gasteiger partial charge < -0.3 is 10.3 Å². The molecule has 1 aromatic carbocycles. The average Bonchev–Trinajstić information content (AvgIpc) is 3.09. The fraction of sp³-hybridized carbons (Fsp3) is 0.308. The molecule has 3 rings (SSSR count). The van der Waals surface area contributed by atoms with Crippen LogP contribution < -0.4 is 5.32 Å². The number of hydrogen-bond donors (Lipinski definition) is 2. The summed E-state index contributed by atoms with van der Waals surface area (Å²) in [7, 11) is 0. The van der Waals surface area contributed by atoms with Crippen LogP contribution in [0, 0.1) is 10.1 Å². The smallest absolute Gasteiger partial charge is 0.270 e. The fourth-order valence-electron chi connectivity index (χ4n) is 2.37. The Morgan fingerprint density at radius 3 is 3.05 bits per heavy atom. The maximum absolute atomic E-state index is 10.8. The van der Waals surface area contributed by atoms with Crippen LogP contribution in [0.2, 0.25) is 0 Å². The van der Waals surface area contributed by atoms with Crippen molar-refractivity contribution in [3.8, 4) is 11.3 Å². The molecule has 0 saturated carbocycles. The molecule has 0 bridgehead atoms. The molecule has 2 N–H and O–H groups in total. The van der Waals surface area contributed by atoms with E-state index in [4.69, 9.17) is 0 Å². The average molecular weight is 258 g/mol. The molecule has 0 radical (unpaired) electrons. The highest BCUT2D eigenvalue weighted by atomic mass is 16.6. The summed E-state index contributed by atoms with van der Waals surface area (Å²) >= 11 is 0. The number of nitrogens with one attached hydrogen (secondary N) is 2. The van der Waals surface area contributed by atoms with Crippen LogP contribution in [0.1, 0.15) is 18.2 Å². The van der Waals surface area contributed by atoms with E-state index in [1.165, 1.54) is 6.07 Å². The van der Waals surface area contributed by atoms with E-state index in [1.807, 2.05) is 6.07 Å². The van der Waals surface area contributed by atoms with Gasteiger partial charge in [0.2, 0.25) is 0 Å². The third-order valence-electron chi connectivity index (χ3n) is 3.41. The summed E-state index contributed by atoms with van der Waals surface area (Å²) in [4.78, 5) is 18.0. The lowest BCUT2D eigenvalue weighted by molar-refractivity contribution is -0.384. The molecule has 1 atom stereocenters. The molecule has 19 heavy (non-hydrogen) atoms. The van der Waals surface area contributed by atoms with Gasteiger partial charge in [-0.05, 0) is 13.0 Å². The predicted octanol–water partition coefficient (Wildman–Crippen LogP) is 2.06. The third-order valence-corrected chi connectivity index (χ3v) is 3.41. The lowest BCUT2D eigenvalue weighted by Crippen LogP contribution is -2.08. The van der Waals surface area contributed by atoms with Gasteiger partial charge in [-0.2, -0.15) is 0 Å². The van der Waals surface area contributed by atoms with E-state index in [1.54, 1.807) is 18.3 Å². The van der Waals surface area contributed by atoms with Crippen molar-refractivity contribution in [2.24, 2.45) is 0 Å². The number of aromatic amines is 1. The van der Waals surface area contributed by atoms with E-state index in [9.17, 15) is 10.1 Å². The van der Waals surface area contributed by atoms with Gasteiger partial charge in [0.1, 0.15) is 5.82 Å². The van der Waals surface area contributed by atoms with E-state index >= 15 is 0 Å². The Morgan fingerprint density at radius 2 is 2.32 bits per heavy atom. The molecular weight excluding hydrogens is 244 g/mol. The highest BCUT2D eigenvalue weighted by molar-refractivity contribution is 5.62. The minimum atomic E-state index is -0.387. The van der Waals surface area contributed by atoms with Crippen LogP contribution in [0.5, 0.6) is 0 Å². The van der Waals surface area contributed by atoms with Crippen LogP contribution in [0.3, 0.4) is 0 Å². The Labute approximate surface area is 110 Å². The molecule has 0 spiro atoms. The van der Waals surface area contributed by atoms with E-state index in [-0.39, 0.29) is 10.6 Å². The summed E-state index contributed by atoms with van der Waals surface area (Å²) in [5.74, 6) is 1.36. The molecule has 2 heterocycles. The quantitative estimate of drug-likeness (QED) is 0.652. The first-order valence-electron chi connectivity index (χ1n) is 6.24. The molecule has 1 unspecified atom stereocenters. The summed E-state index contributed by atoms with van der Waals surface area (Å²) in [6.07, 6.45) is 2.81. The van der Waals surface area contributed by atoms with Gasteiger partial charge in [-0.1, -0.05) is 12.1 Å². The normalized spacial score (nSPS) is 18.6. The van der Waals surface area contributed by atoms with E-state index in [0.29, 0.717) is 5.92 Å². The molecule has 6 nitrogen and oxygen atoms in total. The van der Waals surface area contributed by atoms with Crippen LogP contribution in [-0.4, -0.2) is 28.0 Å². The van der Waals surface area contributed by atoms with Crippen molar-refractivity contribution in [1.29, 1.82) is 0 Å². The number of nitro groups is 1. The highest BCUT2D eigenvalue weighted by Crippen LogP contribution is 2.25. The molecule has 1 aromatic heterocycles. The van der Waals surface area contributed by atoms with Crippen molar-refractivity contribution in [2.75, 3.05) is 13.1 Å². The molecule has 2 aromatic rings. The summed E-state index contributed by atoms with van der Waals surface area (Å²) in [6.45, 7) is 1.94. The minimum absolute atomic E-state index is 0.0937. The second kappa shape index (κ2) is 4.81. The fourth-order valence-corrected chi connectivity index (χ4v) is 2.37. The summed E-state index contributed by atoms with van der Waals surface area (Å²) in [6, 6.07) is 6.58. The molecule has 1 saturated heterocycles. The second-order valence-corrected chi connectivity index (χ2v) is 4.68. The Morgan fingerprint density at radius 1 is 1.42 bits per heavy atom. The molecule has 6 heteroatoms. The summed E-state index contributed by atoms with van der Waals surface area (Å²) in [5, 5.41) is 14.1. The topological polar surface area (TPSA) is 83.8 Å². The summed E-state index contributed by atoms with van der Waals surface area (Å²) < 4.78 is 0. The van der Waals surface area contributed by atoms with Gasteiger partial charge in [-0.15, -0.1) is 0 Å². The summed E-state index contributed by atoms with van der Waals surface area (Å²) in [5.41, 5.74) is 1.71. The zero-order valence-corrected chi connectivity index (χ0v) is 10.3. The second-order valence-electron chi connectivity index (χ2n) is 4.68. The van der Waals surface area contributed by atoms with Crippen LogP contribution in [-0.2, 0) is 0 Å². The van der Waals surface area contributed by atoms with Crippen molar-refractivity contribution < 1.29 is 4.92 Å². The van der Waals surface area contributed by atoms with Gasteiger partial charge in [-0.3, -0.25) is 10.1 Å². The number of hydrogen-bond acceptors (Lipinski definition) is 4. The molecular formula is C13H14N4O2. The molecule has 0 aliphatic carbocycles. The number of non-ortho nitro benzene ring substituents is 1. The SMILES string of the molecule is O=[N+]([O-])c1cccc(-c2cnc(C3CCNC3)[nH]2)c1. The monoisotopic (exact) mass is 258 g/mol. The Bertz CT molecular complexity index is 602. The Hall–Kier alpha value is -2.21. The standard InChI is InChI=1S/C13H14N4O2/c18-17(19)11-3-1-2-9(6-11)12-8-15-13(16-12)10-4-5-14-7-10/h1-3,6,8,10,14H,4-5,7H2,(H,15,16). The van der Waals surface area contributed by atoms with Gasteiger partial charge in [0.05, 0.1) is 16.8 Å². The lowest BCUT2D eigenvalue weighted by atomic mass is 10.1. The number of aromatic nitrogens is 2. The molecule has 1 aliphatic heterocycles. The maximum Gasteiger partial charge on any atom is 0.270 e. The van der Waals surface area contributed by atoms with Gasteiger partial charge in [0.15, 0.2) is 0 Å². The van der Waals surface area contributed by atoms with Gasteiger partial charge in [0.25, 0.3) is 5.69 Å². The molecule has 1 fully saturated rings. The number of nitro benzene ring substituents is 1. The number of H-pyrrole nitrogens is 1. The van der Waals surface area contributed by atoms with Crippen molar-refractivity contribution >= 4 is 5.69 Å². The van der Waals surface area contributed by atoms with Gasteiger partial charge >= 0.3 is 0 Å². The Balaban J connectivity index is 1.89. The zero-order valence-electron chi connectivity index (χ0n) is 10.3. The first kappa shape index (κ1) is 11.9. The van der Waals surface area contributed by atoms with Gasteiger partial charge in [0, 0.05) is 30.2 Å². The number of nitrogens with zero attached hydrogens (tertiary/aromatic N) is 2. The van der Waals surface area contributed by atoms with Gasteiger partial charge in [-0.25, -0.2) is 4.98 Å². The van der Waals surface area contributed by atoms with Crippen molar-refractivity contribution in [1.82, 2.24) is 15.3 Å². The third kappa shape index (κ3) is 2.34. The van der Waals surface area contributed by atoms with Crippen molar-refractivity contribution in [3.63, 3.8) is 0 Å². The van der Waals surface area contributed by atoms with Crippen LogP contribution in [0.4, 0.5) is 5.69 Å². The molecule has 1 aliphatic rings. The Kier molecular flexibility index (Phi) is 3.00.